The molecule has 8 nitrogen and oxygen atoms in total. The van der Waals surface area contributed by atoms with Crippen LogP contribution in [-0.4, -0.2) is 66.4 Å². The van der Waals surface area contributed by atoms with E-state index in [0.717, 1.165) is 69.0 Å². The number of hydrogen-bond donors (Lipinski definition) is 0. The van der Waals surface area contributed by atoms with Gasteiger partial charge in [0.1, 0.15) is 18.2 Å². The van der Waals surface area contributed by atoms with Gasteiger partial charge in [-0.1, -0.05) is 0 Å². The van der Waals surface area contributed by atoms with Crippen LogP contribution in [0.5, 0.6) is 0 Å². The molecule has 138 valence electrons. The van der Waals surface area contributed by atoms with Crippen LogP contribution in [0.15, 0.2) is 24.7 Å². The minimum absolute atomic E-state index is 0.355. The smallest absolute Gasteiger partial charge is 0.156 e. The van der Waals surface area contributed by atoms with E-state index < -0.39 is 0 Å². The van der Waals surface area contributed by atoms with Crippen molar-refractivity contribution in [1.29, 1.82) is 0 Å². The first-order valence-electron chi connectivity index (χ1n) is 9.04. The Bertz CT molecular complexity index is 715. The Morgan fingerprint density at radius 3 is 2.58 bits per heavy atom. The van der Waals surface area contributed by atoms with Crippen molar-refractivity contribution in [3.8, 4) is 0 Å². The van der Waals surface area contributed by atoms with Gasteiger partial charge >= 0.3 is 0 Å². The maximum absolute atomic E-state index is 5.53. The molecule has 1 unspecified atom stereocenters. The van der Waals surface area contributed by atoms with Gasteiger partial charge in [0.2, 0.25) is 0 Å². The largest absolute Gasteiger partial charge is 0.381 e. The molecule has 2 aromatic heterocycles. The number of rotatable bonds is 5. The molecule has 4 heterocycles. The third-order valence-corrected chi connectivity index (χ3v) is 4.88. The molecule has 2 fully saturated rings. The second-order valence-corrected chi connectivity index (χ2v) is 6.60. The summed E-state index contributed by atoms with van der Waals surface area (Å²) in [6.45, 7) is 5.54. The summed E-state index contributed by atoms with van der Waals surface area (Å²) < 4.78 is 10.8. The Hall–Kier alpha value is -2.32. The molecule has 0 spiro atoms. The van der Waals surface area contributed by atoms with Crippen LogP contribution in [-0.2, 0) is 16.1 Å². The Balaban J connectivity index is 1.50. The van der Waals surface area contributed by atoms with Crippen LogP contribution in [0.1, 0.15) is 23.9 Å². The van der Waals surface area contributed by atoms with Crippen LogP contribution in [0.4, 0.5) is 11.6 Å². The third kappa shape index (κ3) is 3.76. The minimum atomic E-state index is 0.355. The highest BCUT2D eigenvalue weighted by Gasteiger charge is 2.24. The van der Waals surface area contributed by atoms with Crippen LogP contribution >= 0.6 is 0 Å². The molecular weight excluding hydrogens is 332 g/mol. The lowest BCUT2D eigenvalue weighted by atomic mass is 10.0. The van der Waals surface area contributed by atoms with E-state index in [9.17, 15) is 0 Å². The molecule has 2 aliphatic heterocycles. The predicted molar refractivity (Wildman–Crippen MR) is 97.4 cm³/mol. The van der Waals surface area contributed by atoms with Gasteiger partial charge in [-0.25, -0.2) is 15.0 Å². The van der Waals surface area contributed by atoms with Crippen molar-refractivity contribution in [1.82, 2.24) is 19.9 Å². The summed E-state index contributed by atoms with van der Waals surface area (Å²) in [5.41, 5.74) is 1.07. The first-order valence-corrected chi connectivity index (χ1v) is 9.04. The SMILES string of the molecule is COCc1nc(C2CCOC2)cc(N2CCN(c3cnccn3)CC2)n1. The molecule has 8 heteroatoms. The molecule has 26 heavy (non-hydrogen) atoms. The molecule has 0 radical (unpaired) electrons. The number of methoxy groups -OCH3 is 1. The lowest BCUT2D eigenvalue weighted by molar-refractivity contribution is 0.177. The highest BCUT2D eigenvalue weighted by molar-refractivity contribution is 5.45. The van der Waals surface area contributed by atoms with Crippen molar-refractivity contribution in [2.45, 2.75) is 18.9 Å². The molecule has 0 amide bonds. The number of piperazine rings is 1. The van der Waals surface area contributed by atoms with Gasteiger partial charge in [-0.3, -0.25) is 4.98 Å². The number of aromatic nitrogens is 4. The zero-order valence-corrected chi connectivity index (χ0v) is 15.0. The maximum atomic E-state index is 5.53. The fourth-order valence-corrected chi connectivity index (χ4v) is 3.45. The van der Waals surface area contributed by atoms with Crippen LogP contribution in [0.25, 0.3) is 0 Å². The molecule has 2 saturated heterocycles. The van der Waals surface area contributed by atoms with E-state index in [2.05, 4.69) is 25.8 Å². The molecule has 0 bridgehead atoms. The predicted octanol–water partition coefficient (Wildman–Crippen LogP) is 1.24. The van der Waals surface area contributed by atoms with Gasteiger partial charge in [-0.2, -0.15) is 0 Å². The van der Waals surface area contributed by atoms with E-state index in [1.165, 1.54) is 0 Å². The van der Waals surface area contributed by atoms with E-state index >= 15 is 0 Å². The number of ether oxygens (including phenoxy) is 2. The highest BCUT2D eigenvalue weighted by Crippen LogP contribution is 2.27. The van der Waals surface area contributed by atoms with Crippen molar-refractivity contribution in [2.24, 2.45) is 0 Å². The van der Waals surface area contributed by atoms with Crippen molar-refractivity contribution in [3.63, 3.8) is 0 Å². The summed E-state index contributed by atoms with van der Waals surface area (Å²) in [6, 6.07) is 2.12. The quantitative estimate of drug-likeness (QED) is 0.792. The first-order chi connectivity index (χ1) is 12.8. The molecule has 0 aliphatic carbocycles. The molecule has 0 saturated carbocycles. The van der Waals surface area contributed by atoms with Gasteiger partial charge in [0, 0.05) is 64.3 Å². The van der Waals surface area contributed by atoms with Gasteiger partial charge in [0.15, 0.2) is 5.82 Å². The van der Waals surface area contributed by atoms with E-state index in [-0.39, 0.29) is 0 Å². The Labute approximate surface area is 153 Å². The first kappa shape index (κ1) is 17.1. The van der Waals surface area contributed by atoms with Gasteiger partial charge < -0.3 is 19.3 Å². The topological polar surface area (TPSA) is 76.5 Å². The standard InChI is InChI=1S/C18H24N6O2/c1-25-13-16-21-15(14-2-9-26-12-14)10-17(22-16)23-5-7-24(8-6-23)18-11-19-3-4-20-18/h3-4,10-11,14H,2,5-9,12-13H2,1H3. The third-order valence-electron chi connectivity index (χ3n) is 4.88. The highest BCUT2D eigenvalue weighted by atomic mass is 16.5. The van der Waals surface area contributed by atoms with E-state index in [1.807, 2.05) is 6.20 Å². The second kappa shape index (κ2) is 7.92. The molecule has 2 aromatic rings. The van der Waals surface area contributed by atoms with Crippen LogP contribution in [0.3, 0.4) is 0 Å². The molecular formula is C18H24N6O2. The molecule has 0 aromatic carbocycles. The van der Waals surface area contributed by atoms with Crippen molar-refractivity contribution >= 4 is 11.6 Å². The summed E-state index contributed by atoms with van der Waals surface area (Å²) in [5.74, 6) is 3.00. The normalized spacial score (nSPS) is 20.6. The number of hydrogen-bond acceptors (Lipinski definition) is 8. The van der Waals surface area contributed by atoms with Gasteiger partial charge in [-0.05, 0) is 6.42 Å². The van der Waals surface area contributed by atoms with Crippen molar-refractivity contribution < 1.29 is 9.47 Å². The molecule has 1 atom stereocenters. The average molecular weight is 356 g/mol. The summed E-state index contributed by atoms with van der Waals surface area (Å²) in [7, 11) is 1.67. The van der Waals surface area contributed by atoms with Crippen molar-refractivity contribution in [3.05, 3.63) is 36.2 Å². The summed E-state index contributed by atoms with van der Waals surface area (Å²) in [4.78, 5) is 22.5. The van der Waals surface area contributed by atoms with Crippen LogP contribution in [0, 0.1) is 0 Å². The minimum Gasteiger partial charge on any atom is -0.381 e. The van der Waals surface area contributed by atoms with E-state index in [0.29, 0.717) is 12.5 Å². The van der Waals surface area contributed by atoms with Gasteiger partial charge in [-0.15, -0.1) is 0 Å². The van der Waals surface area contributed by atoms with Crippen LogP contribution < -0.4 is 9.80 Å². The summed E-state index contributed by atoms with van der Waals surface area (Å²) in [6.07, 6.45) is 6.27. The monoisotopic (exact) mass is 356 g/mol. The number of anilines is 2. The van der Waals surface area contributed by atoms with Gasteiger partial charge in [0.05, 0.1) is 18.5 Å². The zero-order chi connectivity index (χ0) is 17.8. The Morgan fingerprint density at radius 2 is 1.92 bits per heavy atom. The molecule has 0 N–H and O–H groups in total. The lowest BCUT2D eigenvalue weighted by Gasteiger charge is -2.36. The molecule has 2 aliphatic rings. The Morgan fingerprint density at radius 1 is 1.12 bits per heavy atom. The van der Waals surface area contributed by atoms with Gasteiger partial charge in [0.25, 0.3) is 0 Å². The van der Waals surface area contributed by atoms with E-state index in [4.69, 9.17) is 19.4 Å². The zero-order valence-electron chi connectivity index (χ0n) is 15.0. The van der Waals surface area contributed by atoms with E-state index in [1.54, 1.807) is 19.5 Å². The lowest BCUT2D eigenvalue weighted by Crippen LogP contribution is -2.47. The molecule has 4 rings (SSSR count). The second-order valence-electron chi connectivity index (χ2n) is 6.60. The summed E-state index contributed by atoms with van der Waals surface area (Å²) in [5, 5.41) is 0. The fraction of sp³-hybridized carbons (Fsp3) is 0.556. The Kier molecular flexibility index (Phi) is 5.21. The van der Waals surface area contributed by atoms with Crippen LogP contribution in [0.2, 0.25) is 0 Å². The van der Waals surface area contributed by atoms with Crippen molar-refractivity contribution in [2.75, 3.05) is 56.3 Å². The summed E-state index contributed by atoms with van der Waals surface area (Å²) >= 11 is 0. The maximum Gasteiger partial charge on any atom is 0.156 e. The number of nitrogens with zero attached hydrogens (tertiary/aromatic N) is 6. The average Bonchev–Trinajstić information content (AvgIpc) is 3.24. The fourth-order valence-electron chi connectivity index (χ4n) is 3.45.